The minimum absolute atomic E-state index is 0.00763. The molecule has 1 aliphatic carbocycles. The highest BCUT2D eigenvalue weighted by Crippen LogP contribution is 2.46. The van der Waals surface area contributed by atoms with Gasteiger partial charge in [0.2, 0.25) is 23.6 Å². The summed E-state index contributed by atoms with van der Waals surface area (Å²) in [4.78, 5) is 151. The first kappa shape index (κ1) is 109. The van der Waals surface area contributed by atoms with Gasteiger partial charge in [0.25, 0.3) is 5.56 Å². The smallest absolute Gasteiger partial charge is 0.408 e. The number of nitrogens with one attached hydrogen (secondary N) is 7. The maximum absolute atomic E-state index is 15.6. The van der Waals surface area contributed by atoms with E-state index in [4.69, 9.17) is 91.2 Å². The van der Waals surface area contributed by atoms with Crippen LogP contribution in [0, 0.1) is 24.6 Å². The van der Waals surface area contributed by atoms with Crippen molar-refractivity contribution in [2.75, 3.05) is 190 Å². The number of aromatic nitrogens is 5. The van der Waals surface area contributed by atoms with Crippen molar-refractivity contribution in [2.24, 2.45) is 17.6 Å². The van der Waals surface area contributed by atoms with Crippen molar-refractivity contribution in [1.82, 2.24) is 56.4 Å². The van der Waals surface area contributed by atoms with Crippen molar-refractivity contribution in [3.63, 3.8) is 0 Å². The number of nitrogens with two attached hydrogens (primary N) is 1. The molecular weight excluding hydrogens is 1760 g/mol. The molecule has 0 radical (unpaired) electrons. The van der Waals surface area contributed by atoms with Gasteiger partial charge in [-0.15, -0.1) is 5.10 Å². The summed E-state index contributed by atoms with van der Waals surface area (Å²) in [5.74, 6) is -6.66. The quantitative estimate of drug-likeness (QED) is 0.0107. The Labute approximate surface area is 778 Å². The van der Waals surface area contributed by atoms with Crippen LogP contribution in [0.3, 0.4) is 0 Å². The summed E-state index contributed by atoms with van der Waals surface area (Å²) in [5.41, 5.74) is 6.86. The topological polar surface area (TPSA) is 524 Å². The monoisotopic (exact) mass is 1890 g/mol. The number of fused-ring (bicyclic) bond motifs is 5. The average molecular weight is 1890 g/mol. The largest absolute Gasteiger partial charge is 0.465 e. The number of alkyl carbamates (subject to hydrolysis) is 2. The van der Waals surface area contributed by atoms with Crippen molar-refractivity contribution >= 4 is 76.3 Å². The number of nitrogens with zero attached hydrogens (tertiary/aromatic N) is 5. The van der Waals surface area contributed by atoms with E-state index in [1.807, 2.05) is 0 Å². The molecule has 42 nitrogen and oxygen atoms in total. The number of carbonyl (C=O) groups excluding carboxylic acids is 10. The van der Waals surface area contributed by atoms with E-state index in [-0.39, 0.29) is 115 Å². The number of amides is 8. The van der Waals surface area contributed by atoms with Crippen molar-refractivity contribution in [1.29, 1.82) is 0 Å². The predicted octanol–water partition coefficient (Wildman–Crippen LogP) is 4.80. The minimum Gasteiger partial charge on any atom is -0.465 e. The first-order chi connectivity index (χ1) is 64.5. The summed E-state index contributed by atoms with van der Waals surface area (Å²) in [6.07, 6.45) is 1.67. The number of hydrogen-bond acceptors (Lipinski definition) is 32. The Morgan fingerprint density at radius 1 is 0.627 bits per heavy atom. The lowest BCUT2D eigenvalue weighted by molar-refractivity contribution is -0.172. The molecule has 3 aliphatic rings. The molecule has 744 valence electrons. The van der Waals surface area contributed by atoms with E-state index in [1.165, 1.54) is 16.8 Å². The van der Waals surface area contributed by atoms with E-state index in [0.717, 1.165) is 0 Å². The number of urea groups is 1. The van der Waals surface area contributed by atoms with Crippen LogP contribution in [-0.2, 0) is 159 Å². The van der Waals surface area contributed by atoms with Crippen LogP contribution in [0.5, 0.6) is 0 Å². The van der Waals surface area contributed by atoms with Crippen LogP contribution in [0.4, 0.5) is 24.5 Å². The van der Waals surface area contributed by atoms with Gasteiger partial charge in [0.15, 0.2) is 11.5 Å². The second-order valence-corrected chi connectivity index (χ2v) is 32.9. The van der Waals surface area contributed by atoms with Gasteiger partial charge in [-0.3, -0.25) is 33.6 Å². The number of aryl methyl sites for hydroxylation is 1. The van der Waals surface area contributed by atoms with Crippen molar-refractivity contribution < 1.29 is 138 Å². The van der Waals surface area contributed by atoms with Gasteiger partial charge in [-0.05, 0) is 139 Å². The first-order valence-corrected chi connectivity index (χ1v) is 45.7. The number of rotatable bonds is 66. The maximum Gasteiger partial charge on any atom is 0.408 e. The first-order valence-electron chi connectivity index (χ1n) is 45.7. The second-order valence-electron chi connectivity index (χ2n) is 32.9. The fraction of sp³-hybridized carbons (Fsp3) is 0.648. The molecule has 0 spiro atoms. The Morgan fingerprint density at radius 3 is 1.69 bits per heavy atom. The predicted molar refractivity (Wildman–Crippen MR) is 479 cm³/mol. The fourth-order valence-corrected chi connectivity index (χ4v) is 14.7. The molecular formula is C91H134FN13O29. The van der Waals surface area contributed by atoms with E-state index in [1.54, 1.807) is 97.3 Å². The molecule has 0 bridgehead atoms. The van der Waals surface area contributed by atoms with E-state index in [9.17, 15) is 57.8 Å². The molecule has 2 aliphatic heterocycles. The molecule has 5 heterocycles. The highest BCUT2D eigenvalue weighted by molar-refractivity contribution is 5.99. The molecule has 0 fully saturated rings. The molecule has 2 aromatic carbocycles. The summed E-state index contributed by atoms with van der Waals surface area (Å²) in [6, 6.07) is 4.14. The van der Waals surface area contributed by atoms with Gasteiger partial charge in [-0.1, -0.05) is 38.1 Å². The molecule has 8 rings (SSSR count). The molecule has 0 unspecified atom stereocenters. The summed E-state index contributed by atoms with van der Waals surface area (Å²) < 4.78 is 112. The third kappa shape index (κ3) is 35.6. The van der Waals surface area contributed by atoms with Crippen molar-refractivity contribution in [3.05, 3.63) is 103 Å². The number of anilines is 1. The molecule has 0 saturated heterocycles. The summed E-state index contributed by atoms with van der Waals surface area (Å²) in [7, 11) is 0. The number of cyclic esters (lactones) is 1. The number of aliphatic hydroxyl groups is 1. The molecule has 8 amide bonds. The van der Waals surface area contributed by atoms with Gasteiger partial charge in [0.05, 0.1) is 225 Å². The molecule has 5 atom stereocenters. The summed E-state index contributed by atoms with van der Waals surface area (Å²) in [6.45, 7) is 24.4. The number of pyridine rings is 2. The van der Waals surface area contributed by atoms with Crippen LogP contribution >= 0.6 is 0 Å². The van der Waals surface area contributed by atoms with E-state index in [2.05, 4.69) is 47.5 Å². The molecule has 134 heavy (non-hydrogen) atoms. The Kier molecular flexibility index (Phi) is 47.1. The number of halogens is 1. The molecule has 3 aromatic heterocycles. The normalized spacial score (nSPS) is 15.0. The van der Waals surface area contributed by atoms with Crippen LogP contribution < -0.4 is 48.5 Å². The number of unbranched alkanes of at least 4 members (excludes halogenated alkanes) is 1. The molecule has 0 saturated carbocycles. The third-order valence-corrected chi connectivity index (χ3v) is 21.6. The maximum atomic E-state index is 15.6. The van der Waals surface area contributed by atoms with Gasteiger partial charge in [-0.25, -0.2) is 33.2 Å². The van der Waals surface area contributed by atoms with Crippen LogP contribution in [0.1, 0.15) is 157 Å². The molecule has 43 heteroatoms. The standard InChI is InChI=1S/C91H134FN13O29/c1-10-91(117)68-53-74-79-66(56-104(74)83(110)67(68)58-132-86(91)113)77-70(23-22-64-60(6)69(92)54-73(98-79)76(64)77)100-88(115)133-57-61-18-20-62(21-19-61)97-80(107)71(17-15-26-95-87(93)114)99-82(109)78(59(4)5)102-81(108)72(101-89(116)134-90(7,8)9)16-13-14-25-94-75(106)24-28-118-30-32-120-34-36-122-38-40-124-42-44-126-46-48-128-50-51-129-49-47-127-45-43-125-41-39-123-37-35-121-33-31-119-29-27-105-63(55-96-103-105)52-65(84(111)130-11-2)85(112)131-12-3/h18-21,53-55,59,65,70-72,78,117H,10-17,22-52,56-58H2,1-9H3,(H,94,106)(H,97,107)(H,99,109)(H,100,115)(H,101,116)(H,102,108)(H3,93,95,114)/t70-,71-,72-,78-,91-/m0/s1. The Bertz CT molecular complexity index is 4630. The van der Waals surface area contributed by atoms with Gasteiger partial charge < -0.3 is 133 Å². The number of benzene rings is 2. The van der Waals surface area contributed by atoms with Crippen LogP contribution in [0.25, 0.3) is 22.3 Å². The van der Waals surface area contributed by atoms with E-state index >= 15 is 4.39 Å². The van der Waals surface area contributed by atoms with Crippen LogP contribution in [0.15, 0.2) is 47.4 Å². The number of esters is 3. The minimum atomic E-state index is -2.07. The number of hydrogen-bond donors (Lipinski definition) is 9. The fourth-order valence-electron chi connectivity index (χ4n) is 14.7. The van der Waals surface area contributed by atoms with Crippen molar-refractivity contribution in [2.45, 2.75) is 188 Å². The molecule has 5 aromatic rings. The highest BCUT2D eigenvalue weighted by Gasteiger charge is 2.47. The van der Waals surface area contributed by atoms with Crippen LogP contribution in [0.2, 0.25) is 0 Å². The lowest BCUT2D eigenvalue weighted by Gasteiger charge is -2.31. The number of carbonyl (C=O) groups is 10. The average Bonchev–Trinajstić information content (AvgIpc) is 1.51. The van der Waals surface area contributed by atoms with Gasteiger partial charge in [0.1, 0.15) is 42.8 Å². The summed E-state index contributed by atoms with van der Waals surface area (Å²) in [5, 5.41) is 39.3. The third-order valence-electron chi connectivity index (χ3n) is 21.6. The number of primary amides is 1. The Balaban J connectivity index is 0.621. The lowest BCUT2D eigenvalue weighted by atomic mass is 9.81. The zero-order valence-corrected chi connectivity index (χ0v) is 78.3. The zero-order chi connectivity index (χ0) is 96.8. The van der Waals surface area contributed by atoms with Gasteiger partial charge in [0, 0.05) is 54.2 Å². The SMILES string of the molecule is CCOC(=O)C(Cc1cnnn1CCOCCOCCOCCOCCOCCOCCOCCOCCOCCOCCOCCOCCC(=O)NCCCC[C@H](NC(=O)OC(C)(C)C)C(=O)N[C@H](C(=O)N[C@@H](CCCNC(N)=O)C(=O)Nc1ccc(COC(=O)N[C@H]2CCc3c(C)c(F)cc4nc5c(c2c34)Cn2c-5cc3c(c2=O)COC(=O)[C@]3(O)CC)cc1)C(C)C)C(=O)OCC. The Hall–Kier alpha value is -10.6. The van der Waals surface area contributed by atoms with E-state index < -0.39 is 112 Å². The number of ether oxygens (including phenoxy) is 17. The summed E-state index contributed by atoms with van der Waals surface area (Å²) >= 11 is 0. The van der Waals surface area contributed by atoms with Crippen molar-refractivity contribution in [3.8, 4) is 11.4 Å². The van der Waals surface area contributed by atoms with Gasteiger partial charge >= 0.3 is 36.1 Å². The highest BCUT2D eigenvalue weighted by atomic mass is 19.1. The molecule has 10 N–H and O–H groups in total. The zero-order valence-electron chi connectivity index (χ0n) is 78.3. The van der Waals surface area contributed by atoms with Gasteiger partial charge in [-0.2, -0.15) is 0 Å². The van der Waals surface area contributed by atoms with E-state index in [0.29, 0.717) is 239 Å². The lowest BCUT2D eigenvalue weighted by Crippen LogP contribution is -2.58. The Morgan fingerprint density at radius 2 is 1.16 bits per heavy atom. The van der Waals surface area contributed by atoms with Crippen LogP contribution in [-0.4, -0.2) is 298 Å². The second kappa shape index (κ2) is 58.0.